The van der Waals surface area contributed by atoms with Crippen molar-refractivity contribution in [3.8, 4) is 11.5 Å². The van der Waals surface area contributed by atoms with Crippen LogP contribution in [0.1, 0.15) is 24.1 Å². The summed E-state index contributed by atoms with van der Waals surface area (Å²) in [5.74, 6) is -1.38. The summed E-state index contributed by atoms with van der Waals surface area (Å²) >= 11 is 0. The molecule has 0 aliphatic carbocycles. The quantitative estimate of drug-likeness (QED) is 0.711. The van der Waals surface area contributed by atoms with E-state index in [0.717, 1.165) is 11.1 Å². The summed E-state index contributed by atoms with van der Waals surface area (Å²) in [6.07, 6.45) is 3.77. The number of nitrogens with zero attached hydrogens (tertiary/aromatic N) is 2. The molecule has 3 aliphatic rings. The molecule has 0 unspecified atom stereocenters. The molecule has 7 heteroatoms. The van der Waals surface area contributed by atoms with E-state index in [2.05, 4.69) is 0 Å². The number of ketones is 1. The Balaban J connectivity index is 1.66. The molecule has 2 aromatic carbocycles. The van der Waals surface area contributed by atoms with Gasteiger partial charge in [-0.3, -0.25) is 14.4 Å². The van der Waals surface area contributed by atoms with Crippen LogP contribution in [-0.2, 0) is 14.4 Å². The molecule has 3 heterocycles. The molecule has 0 aromatic heterocycles. The Morgan fingerprint density at radius 3 is 2.42 bits per heavy atom. The lowest BCUT2D eigenvalue weighted by Gasteiger charge is -2.35. The Morgan fingerprint density at radius 2 is 1.71 bits per heavy atom. The molecule has 2 saturated heterocycles. The fourth-order valence-electron chi connectivity index (χ4n) is 5.23. The summed E-state index contributed by atoms with van der Waals surface area (Å²) in [5.41, 5.74) is 2.27. The van der Waals surface area contributed by atoms with E-state index in [1.807, 2.05) is 41.4 Å². The molecule has 0 saturated carbocycles. The van der Waals surface area contributed by atoms with Crippen LogP contribution in [0, 0.1) is 11.8 Å². The van der Waals surface area contributed by atoms with Crippen molar-refractivity contribution in [2.45, 2.75) is 19.0 Å². The van der Waals surface area contributed by atoms with Gasteiger partial charge in [-0.25, -0.2) is 4.90 Å². The van der Waals surface area contributed by atoms with Gasteiger partial charge in [-0.15, -0.1) is 0 Å². The first-order valence-corrected chi connectivity index (χ1v) is 10.1. The number of amides is 2. The summed E-state index contributed by atoms with van der Waals surface area (Å²) in [5, 5.41) is 0. The van der Waals surface area contributed by atoms with Crippen LogP contribution >= 0.6 is 0 Å². The predicted molar refractivity (Wildman–Crippen MR) is 114 cm³/mol. The van der Waals surface area contributed by atoms with Gasteiger partial charge in [0.25, 0.3) is 0 Å². The molecule has 5 rings (SSSR count). The second-order valence-corrected chi connectivity index (χ2v) is 7.99. The normalized spacial score (nSPS) is 25.9. The summed E-state index contributed by atoms with van der Waals surface area (Å²) in [4.78, 5) is 43.1. The predicted octanol–water partition coefficient (Wildman–Crippen LogP) is 2.81. The Morgan fingerprint density at radius 1 is 0.968 bits per heavy atom. The second-order valence-electron chi connectivity index (χ2n) is 7.99. The van der Waals surface area contributed by atoms with Gasteiger partial charge in [0, 0.05) is 12.3 Å². The van der Waals surface area contributed by atoms with E-state index in [-0.39, 0.29) is 23.6 Å². The highest BCUT2D eigenvalue weighted by atomic mass is 16.5. The lowest BCUT2D eigenvalue weighted by Crippen LogP contribution is -2.43. The summed E-state index contributed by atoms with van der Waals surface area (Å²) in [7, 11) is 3.00. The van der Waals surface area contributed by atoms with Crippen LogP contribution in [0.25, 0.3) is 6.08 Å². The first-order chi connectivity index (χ1) is 15.0. The first-order valence-electron chi connectivity index (χ1n) is 10.1. The van der Waals surface area contributed by atoms with Crippen molar-refractivity contribution in [3.05, 3.63) is 59.8 Å². The van der Waals surface area contributed by atoms with Gasteiger partial charge in [0.2, 0.25) is 11.8 Å². The Bertz CT molecular complexity index is 1140. The molecule has 4 atom stereocenters. The maximum atomic E-state index is 13.7. The number of benzene rings is 2. The van der Waals surface area contributed by atoms with Gasteiger partial charge in [-0.2, -0.15) is 0 Å². The average molecular weight is 418 g/mol. The fraction of sp³-hybridized carbons (Fsp3) is 0.292. The van der Waals surface area contributed by atoms with Crippen LogP contribution in [-0.4, -0.2) is 42.8 Å². The minimum Gasteiger partial charge on any atom is -0.497 e. The number of imide groups is 1. The van der Waals surface area contributed by atoms with Crippen molar-refractivity contribution in [3.63, 3.8) is 0 Å². The molecular formula is C24H22N2O5. The maximum Gasteiger partial charge on any atom is 0.240 e. The zero-order chi connectivity index (χ0) is 21.9. The van der Waals surface area contributed by atoms with E-state index in [1.54, 1.807) is 18.2 Å². The van der Waals surface area contributed by atoms with Crippen molar-refractivity contribution in [1.29, 1.82) is 0 Å². The Labute approximate surface area is 179 Å². The number of hydrogen-bond donors (Lipinski definition) is 0. The van der Waals surface area contributed by atoms with Gasteiger partial charge >= 0.3 is 0 Å². The standard InChI is InChI=1S/C24H22N2O5/c1-13(27)21-19-20(22-16-7-5-4-6-14(16)10-11-25(21)22)24(29)26(23(19)28)17-12-15(30-2)8-9-18(17)31-3/h4-12,19-22H,1-3H3/t19-,20+,21-,22+/m1/s1. The van der Waals surface area contributed by atoms with Crippen LogP contribution in [0.15, 0.2) is 48.7 Å². The number of hydrogen-bond acceptors (Lipinski definition) is 6. The van der Waals surface area contributed by atoms with E-state index >= 15 is 0 Å². The number of fused-ring (bicyclic) bond motifs is 5. The topological polar surface area (TPSA) is 76.2 Å². The van der Waals surface area contributed by atoms with Gasteiger partial charge < -0.3 is 14.4 Å². The van der Waals surface area contributed by atoms with Crippen LogP contribution in [0.5, 0.6) is 11.5 Å². The summed E-state index contributed by atoms with van der Waals surface area (Å²) in [6.45, 7) is 1.48. The largest absolute Gasteiger partial charge is 0.497 e. The minimum atomic E-state index is -0.762. The molecule has 31 heavy (non-hydrogen) atoms. The number of methoxy groups -OCH3 is 2. The van der Waals surface area contributed by atoms with E-state index < -0.39 is 17.9 Å². The second kappa shape index (κ2) is 6.97. The van der Waals surface area contributed by atoms with E-state index in [0.29, 0.717) is 17.2 Å². The van der Waals surface area contributed by atoms with Crippen molar-refractivity contribution in [2.24, 2.45) is 11.8 Å². The highest BCUT2D eigenvalue weighted by Crippen LogP contribution is 2.54. The SMILES string of the molecule is COc1ccc(OC)c(N2C(=O)[C@@H]3[C@H](C2=O)[C@@H]2c4ccccc4C=CN2[C@@H]3C(C)=O)c1. The maximum absolute atomic E-state index is 13.7. The molecule has 0 spiro atoms. The van der Waals surface area contributed by atoms with Crippen molar-refractivity contribution in [2.75, 3.05) is 19.1 Å². The zero-order valence-electron chi connectivity index (χ0n) is 17.4. The first kappa shape index (κ1) is 19.4. The van der Waals surface area contributed by atoms with E-state index in [1.165, 1.54) is 26.0 Å². The fourth-order valence-corrected chi connectivity index (χ4v) is 5.23. The smallest absolute Gasteiger partial charge is 0.240 e. The molecule has 2 amide bonds. The molecule has 0 N–H and O–H groups in total. The molecule has 3 aliphatic heterocycles. The number of Topliss-reactive ketones (excluding diaryl/α,β-unsaturated/α-hetero) is 1. The van der Waals surface area contributed by atoms with Crippen LogP contribution in [0.2, 0.25) is 0 Å². The molecule has 2 fully saturated rings. The van der Waals surface area contributed by atoms with Crippen molar-refractivity contribution in [1.82, 2.24) is 4.90 Å². The molecule has 0 radical (unpaired) electrons. The third kappa shape index (κ3) is 2.62. The van der Waals surface area contributed by atoms with Crippen LogP contribution < -0.4 is 14.4 Å². The third-order valence-electron chi connectivity index (χ3n) is 6.51. The van der Waals surface area contributed by atoms with Crippen LogP contribution in [0.4, 0.5) is 5.69 Å². The third-order valence-corrected chi connectivity index (χ3v) is 6.51. The van der Waals surface area contributed by atoms with Crippen molar-refractivity contribution >= 4 is 29.4 Å². The highest BCUT2D eigenvalue weighted by Gasteiger charge is 2.64. The van der Waals surface area contributed by atoms with Gasteiger partial charge in [0.1, 0.15) is 11.5 Å². The lowest BCUT2D eigenvalue weighted by molar-refractivity contribution is -0.129. The molecule has 0 bridgehead atoms. The summed E-state index contributed by atoms with van der Waals surface area (Å²) in [6, 6.07) is 11.7. The molecule has 2 aromatic rings. The molecule has 7 nitrogen and oxygen atoms in total. The number of anilines is 1. The van der Waals surface area contributed by atoms with Gasteiger partial charge in [-0.1, -0.05) is 24.3 Å². The number of ether oxygens (including phenoxy) is 2. The zero-order valence-corrected chi connectivity index (χ0v) is 17.4. The highest BCUT2D eigenvalue weighted by molar-refractivity contribution is 6.24. The van der Waals surface area contributed by atoms with E-state index in [9.17, 15) is 14.4 Å². The molecular weight excluding hydrogens is 396 g/mol. The number of rotatable bonds is 4. The van der Waals surface area contributed by atoms with Gasteiger partial charge in [0.15, 0.2) is 5.78 Å². The number of carbonyl (C=O) groups is 3. The number of carbonyl (C=O) groups excluding carboxylic acids is 3. The van der Waals surface area contributed by atoms with Crippen LogP contribution in [0.3, 0.4) is 0 Å². The lowest BCUT2D eigenvalue weighted by atomic mass is 9.84. The van der Waals surface area contributed by atoms with Crippen molar-refractivity contribution < 1.29 is 23.9 Å². The Hall–Kier alpha value is -3.61. The monoisotopic (exact) mass is 418 g/mol. The summed E-state index contributed by atoms with van der Waals surface area (Å²) < 4.78 is 10.7. The minimum absolute atomic E-state index is 0.137. The van der Waals surface area contributed by atoms with Gasteiger partial charge in [-0.05, 0) is 36.3 Å². The Kier molecular flexibility index (Phi) is 4.36. The van der Waals surface area contributed by atoms with E-state index in [4.69, 9.17) is 9.47 Å². The average Bonchev–Trinajstić information content (AvgIpc) is 3.26. The molecule has 158 valence electrons. The van der Waals surface area contributed by atoms with Gasteiger partial charge in [0.05, 0.1) is 43.8 Å².